The Labute approximate surface area is 114 Å². The van der Waals surface area contributed by atoms with Crippen LogP contribution in [0.4, 0.5) is 0 Å². The van der Waals surface area contributed by atoms with Gasteiger partial charge in [-0.1, -0.05) is 31.9 Å². The molecule has 0 spiro atoms. The molecule has 0 radical (unpaired) electrons. The molecule has 3 nitrogen and oxygen atoms in total. The van der Waals surface area contributed by atoms with Crippen molar-refractivity contribution in [3.8, 4) is 11.5 Å². The van der Waals surface area contributed by atoms with Crippen molar-refractivity contribution >= 4 is 5.78 Å². The molecule has 0 aliphatic carbocycles. The summed E-state index contributed by atoms with van der Waals surface area (Å²) >= 11 is 0. The normalized spacial score (nSPS) is 13.1. The molecular weight excluding hydrogens is 240 g/mol. The minimum Gasteiger partial charge on any atom is -0.454 e. The van der Waals surface area contributed by atoms with Gasteiger partial charge in [-0.15, -0.1) is 0 Å². The predicted molar refractivity (Wildman–Crippen MR) is 74.8 cm³/mol. The number of fused-ring (bicyclic) bond motifs is 1. The van der Waals surface area contributed by atoms with E-state index in [2.05, 4.69) is 19.1 Å². The molecule has 0 saturated carbocycles. The summed E-state index contributed by atoms with van der Waals surface area (Å²) in [7, 11) is 0. The number of allylic oxidation sites excluding steroid dienone is 2. The van der Waals surface area contributed by atoms with E-state index in [1.165, 1.54) is 12.8 Å². The first-order valence-electron chi connectivity index (χ1n) is 6.89. The quantitative estimate of drug-likeness (QED) is 0.420. The largest absolute Gasteiger partial charge is 0.454 e. The van der Waals surface area contributed by atoms with E-state index < -0.39 is 0 Å². The molecule has 0 saturated heterocycles. The first-order valence-corrected chi connectivity index (χ1v) is 6.89. The van der Waals surface area contributed by atoms with Crippen LogP contribution in [-0.2, 0) is 0 Å². The van der Waals surface area contributed by atoms with Crippen LogP contribution < -0.4 is 9.47 Å². The van der Waals surface area contributed by atoms with Gasteiger partial charge < -0.3 is 9.47 Å². The van der Waals surface area contributed by atoms with Crippen molar-refractivity contribution in [2.75, 3.05) is 6.79 Å². The van der Waals surface area contributed by atoms with Gasteiger partial charge in [-0.05, 0) is 31.0 Å². The molecule has 3 heteroatoms. The molecule has 0 bridgehead atoms. The first kappa shape index (κ1) is 13.7. The van der Waals surface area contributed by atoms with Gasteiger partial charge in [0.1, 0.15) is 0 Å². The Morgan fingerprint density at radius 1 is 1.21 bits per heavy atom. The van der Waals surface area contributed by atoms with Gasteiger partial charge in [0.2, 0.25) is 6.79 Å². The fraction of sp³-hybridized carbons (Fsp3) is 0.438. The summed E-state index contributed by atoms with van der Waals surface area (Å²) in [6, 6.07) is 5.37. The Morgan fingerprint density at radius 2 is 2.00 bits per heavy atom. The molecule has 1 aromatic rings. The summed E-state index contributed by atoms with van der Waals surface area (Å²) in [5.74, 6) is 1.54. The SMILES string of the molecule is CCCC/C=C/CCC(=O)c1ccc2c(c1)OCO2. The van der Waals surface area contributed by atoms with Gasteiger partial charge in [0.15, 0.2) is 17.3 Å². The molecule has 1 aliphatic rings. The molecule has 0 amide bonds. The molecule has 0 fully saturated rings. The predicted octanol–water partition coefficient (Wildman–Crippen LogP) is 4.12. The van der Waals surface area contributed by atoms with Gasteiger partial charge in [-0.2, -0.15) is 0 Å². The second-order valence-electron chi connectivity index (χ2n) is 4.64. The maximum Gasteiger partial charge on any atom is 0.231 e. The molecule has 0 N–H and O–H groups in total. The van der Waals surface area contributed by atoms with Crippen LogP contribution in [0.5, 0.6) is 11.5 Å². The number of Topliss-reactive ketones (excluding diaryl/α,β-unsaturated/α-hetero) is 1. The van der Waals surface area contributed by atoms with E-state index in [4.69, 9.17) is 9.47 Å². The van der Waals surface area contributed by atoms with Crippen LogP contribution in [0.3, 0.4) is 0 Å². The van der Waals surface area contributed by atoms with Crippen molar-refractivity contribution in [1.82, 2.24) is 0 Å². The Bertz CT molecular complexity index is 463. The molecule has 1 heterocycles. The summed E-state index contributed by atoms with van der Waals surface area (Å²) in [4.78, 5) is 12.0. The van der Waals surface area contributed by atoms with Crippen LogP contribution in [0.25, 0.3) is 0 Å². The third-order valence-electron chi connectivity index (χ3n) is 3.12. The zero-order valence-electron chi connectivity index (χ0n) is 11.4. The van der Waals surface area contributed by atoms with E-state index in [9.17, 15) is 4.79 Å². The van der Waals surface area contributed by atoms with Gasteiger partial charge in [0, 0.05) is 12.0 Å². The lowest BCUT2D eigenvalue weighted by atomic mass is 10.1. The smallest absolute Gasteiger partial charge is 0.231 e. The summed E-state index contributed by atoms with van der Waals surface area (Å²) in [5, 5.41) is 0. The molecule has 19 heavy (non-hydrogen) atoms. The van der Waals surface area contributed by atoms with Gasteiger partial charge in [0.25, 0.3) is 0 Å². The lowest BCUT2D eigenvalue weighted by Gasteiger charge is -2.01. The summed E-state index contributed by atoms with van der Waals surface area (Å²) in [6.07, 6.45) is 9.14. The Kier molecular flexibility index (Phi) is 5.01. The van der Waals surface area contributed by atoms with Crippen molar-refractivity contribution in [1.29, 1.82) is 0 Å². The number of rotatable bonds is 7. The minimum atomic E-state index is 0.151. The number of hydrogen-bond donors (Lipinski definition) is 0. The molecular formula is C16H20O3. The fourth-order valence-corrected chi connectivity index (χ4v) is 1.99. The van der Waals surface area contributed by atoms with E-state index >= 15 is 0 Å². The van der Waals surface area contributed by atoms with Gasteiger partial charge in [-0.25, -0.2) is 0 Å². The maximum atomic E-state index is 12.0. The van der Waals surface area contributed by atoms with Crippen LogP contribution in [0, 0.1) is 0 Å². The lowest BCUT2D eigenvalue weighted by molar-refractivity contribution is 0.0983. The number of ketones is 1. The highest BCUT2D eigenvalue weighted by atomic mass is 16.7. The van der Waals surface area contributed by atoms with Crippen LogP contribution in [-0.4, -0.2) is 12.6 Å². The molecule has 2 rings (SSSR count). The molecule has 102 valence electrons. The van der Waals surface area contributed by atoms with Gasteiger partial charge in [0.05, 0.1) is 0 Å². The number of carbonyl (C=O) groups is 1. The highest BCUT2D eigenvalue weighted by Crippen LogP contribution is 2.32. The molecule has 1 aliphatic heterocycles. The van der Waals surface area contributed by atoms with E-state index in [-0.39, 0.29) is 12.6 Å². The molecule has 0 aromatic heterocycles. The van der Waals surface area contributed by atoms with Crippen LogP contribution in [0.2, 0.25) is 0 Å². The Morgan fingerprint density at radius 3 is 2.84 bits per heavy atom. The van der Waals surface area contributed by atoms with Crippen LogP contribution in [0.1, 0.15) is 49.4 Å². The number of carbonyl (C=O) groups excluding carboxylic acids is 1. The second kappa shape index (κ2) is 6.98. The minimum absolute atomic E-state index is 0.151. The third kappa shape index (κ3) is 3.85. The topological polar surface area (TPSA) is 35.5 Å². The monoisotopic (exact) mass is 260 g/mol. The van der Waals surface area contributed by atoms with Gasteiger partial charge in [-0.3, -0.25) is 4.79 Å². The van der Waals surface area contributed by atoms with Crippen molar-refractivity contribution in [3.05, 3.63) is 35.9 Å². The number of unbranched alkanes of at least 4 members (excludes halogenated alkanes) is 2. The van der Waals surface area contributed by atoms with E-state index in [1.54, 1.807) is 18.2 Å². The van der Waals surface area contributed by atoms with Crippen LogP contribution >= 0.6 is 0 Å². The molecule has 0 atom stereocenters. The number of ether oxygens (including phenoxy) is 2. The van der Waals surface area contributed by atoms with Crippen molar-refractivity contribution in [3.63, 3.8) is 0 Å². The Hall–Kier alpha value is -1.77. The summed E-state index contributed by atoms with van der Waals surface area (Å²) < 4.78 is 10.5. The standard InChI is InChI=1S/C16H20O3/c1-2-3-4-5-6-7-8-14(17)13-9-10-15-16(11-13)19-12-18-15/h5-6,9-11H,2-4,7-8,12H2,1H3/b6-5+. The molecule has 0 unspecified atom stereocenters. The second-order valence-corrected chi connectivity index (χ2v) is 4.64. The van der Waals surface area contributed by atoms with Gasteiger partial charge >= 0.3 is 0 Å². The maximum absolute atomic E-state index is 12.0. The van der Waals surface area contributed by atoms with Crippen molar-refractivity contribution in [2.24, 2.45) is 0 Å². The zero-order chi connectivity index (χ0) is 13.5. The van der Waals surface area contributed by atoms with E-state index in [0.717, 1.165) is 18.6 Å². The molecule has 1 aromatic carbocycles. The highest BCUT2D eigenvalue weighted by Gasteiger charge is 2.15. The van der Waals surface area contributed by atoms with Crippen molar-refractivity contribution in [2.45, 2.75) is 39.0 Å². The van der Waals surface area contributed by atoms with Crippen LogP contribution in [0.15, 0.2) is 30.4 Å². The highest BCUT2D eigenvalue weighted by molar-refractivity contribution is 5.96. The van der Waals surface area contributed by atoms with Crippen molar-refractivity contribution < 1.29 is 14.3 Å². The third-order valence-corrected chi connectivity index (χ3v) is 3.12. The zero-order valence-corrected chi connectivity index (χ0v) is 11.4. The van der Waals surface area contributed by atoms with E-state index in [0.29, 0.717) is 17.7 Å². The lowest BCUT2D eigenvalue weighted by Crippen LogP contribution is -1.98. The Balaban J connectivity index is 1.81. The summed E-state index contributed by atoms with van der Waals surface area (Å²) in [6.45, 7) is 2.42. The first-order chi connectivity index (χ1) is 9.31. The summed E-state index contributed by atoms with van der Waals surface area (Å²) in [5.41, 5.74) is 0.700. The number of benzene rings is 1. The van der Waals surface area contributed by atoms with E-state index in [1.807, 2.05) is 0 Å². The average molecular weight is 260 g/mol. The number of hydrogen-bond acceptors (Lipinski definition) is 3. The fourth-order valence-electron chi connectivity index (χ4n) is 1.99. The average Bonchev–Trinajstić information content (AvgIpc) is 2.89.